The van der Waals surface area contributed by atoms with Gasteiger partial charge in [0.15, 0.2) is 0 Å². The Bertz CT molecular complexity index is 747. The van der Waals surface area contributed by atoms with Crippen molar-refractivity contribution < 1.29 is 17.9 Å². The lowest BCUT2D eigenvalue weighted by atomic mass is 10.1. The number of halogens is 3. The Morgan fingerprint density at radius 2 is 1.14 bits per heavy atom. The zero-order chi connectivity index (χ0) is 21.0. The van der Waals surface area contributed by atoms with Crippen LogP contribution in [0.15, 0.2) is 89.8 Å². The average molecular weight is 407 g/mol. The predicted molar refractivity (Wildman–Crippen MR) is 113 cm³/mol. The Balaban J connectivity index is 0.000000236. The number of alkyl halides is 3. The maximum atomic E-state index is 9.67. The van der Waals surface area contributed by atoms with E-state index in [-0.39, 0.29) is 5.60 Å². The molecule has 0 aliphatic heterocycles. The van der Waals surface area contributed by atoms with Crippen LogP contribution in [-0.2, 0) is 0 Å². The standard InChI is InChI=1S/C12H10.C10H14OS.CHF3/c1-3-7-11(8-4-1)12-9-5-2-6-10-12;1-10(2,3)11-8-5-4-6-9(12)7-8;2-1(3)4/h1-10H;4-7,12H,1-3H3;1H. The summed E-state index contributed by atoms with van der Waals surface area (Å²) >= 11 is 4.22. The Labute approximate surface area is 170 Å². The van der Waals surface area contributed by atoms with E-state index in [4.69, 9.17) is 4.74 Å². The number of hydrogen-bond acceptors (Lipinski definition) is 2. The molecule has 150 valence electrons. The molecule has 3 aromatic rings. The van der Waals surface area contributed by atoms with Crippen LogP contribution in [0.1, 0.15) is 20.8 Å². The second-order valence-corrected chi connectivity index (χ2v) is 7.21. The average Bonchev–Trinajstić information content (AvgIpc) is 2.62. The van der Waals surface area contributed by atoms with E-state index >= 15 is 0 Å². The first kappa shape index (κ1) is 23.6. The van der Waals surface area contributed by atoms with Gasteiger partial charge in [-0.05, 0) is 50.1 Å². The lowest BCUT2D eigenvalue weighted by Gasteiger charge is -2.21. The molecule has 0 aliphatic rings. The van der Waals surface area contributed by atoms with Crippen LogP contribution in [-0.4, -0.2) is 12.3 Å². The first-order valence-corrected chi connectivity index (χ1v) is 9.13. The van der Waals surface area contributed by atoms with E-state index in [9.17, 15) is 13.2 Å². The fraction of sp³-hybridized carbons (Fsp3) is 0.217. The Morgan fingerprint density at radius 3 is 1.50 bits per heavy atom. The van der Waals surface area contributed by atoms with Crippen LogP contribution >= 0.6 is 12.6 Å². The van der Waals surface area contributed by atoms with Crippen molar-refractivity contribution in [2.24, 2.45) is 0 Å². The summed E-state index contributed by atoms with van der Waals surface area (Å²) in [7, 11) is 0. The molecule has 3 rings (SSSR count). The maximum absolute atomic E-state index is 9.67. The van der Waals surface area contributed by atoms with Crippen LogP contribution in [0.5, 0.6) is 5.75 Å². The molecule has 3 aromatic carbocycles. The van der Waals surface area contributed by atoms with Gasteiger partial charge in [-0.25, -0.2) is 0 Å². The Kier molecular flexibility index (Phi) is 10.2. The largest absolute Gasteiger partial charge is 0.488 e. The summed E-state index contributed by atoms with van der Waals surface area (Å²) in [5.74, 6) is 0.870. The van der Waals surface area contributed by atoms with Gasteiger partial charge in [0.2, 0.25) is 0 Å². The molecule has 0 atom stereocenters. The number of thiol groups is 1. The van der Waals surface area contributed by atoms with E-state index in [0.29, 0.717) is 0 Å². The van der Waals surface area contributed by atoms with Gasteiger partial charge in [-0.3, -0.25) is 0 Å². The van der Waals surface area contributed by atoms with Gasteiger partial charge < -0.3 is 4.74 Å². The van der Waals surface area contributed by atoms with Gasteiger partial charge in [-0.2, -0.15) is 13.2 Å². The minimum atomic E-state index is -3.67. The minimum Gasteiger partial charge on any atom is -0.488 e. The highest BCUT2D eigenvalue weighted by atomic mass is 32.1. The molecule has 28 heavy (non-hydrogen) atoms. The maximum Gasteiger partial charge on any atom is 0.379 e. The van der Waals surface area contributed by atoms with Gasteiger partial charge in [0.1, 0.15) is 11.4 Å². The number of rotatable bonds is 2. The fourth-order valence-corrected chi connectivity index (χ4v) is 2.38. The summed E-state index contributed by atoms with van der Waals surface area (Å²) in [6.07, 6.45) is 0. The molecular weight excluding hydrogens is 381 g/mol. The molecule has 0 heterocycles. The number of hydrogen-bond donors (Lipinski definition) is 1. The lowest BCUT2D eigenvalue weighted by molar-refractivity contribution is 0.00819. The van der Waals surface area contributed by atoms with Crippen LogP contribution in [0.2, 0.25) is 0 Å². The summed E-state index contributed by atoms with van der Waals surface area (Å²) in [6, 6.07) is 28.5. The smallest absolute Gasteiger partial charge is 0.379 e. The summed E-state index contributed by atoms with van der Waals surface area (Å²) in [5.41, 5.74) is 2.41. The molecular formula is C23H25F3OS. The van der Waals surface area contributed by atoms with Crippen LogP contribution in [0, 0.1) is 0 Å². The van der Waals surface area contributed by atoms with E-state index < -0.39 is 6.68 Å². The Morgan fingerprint density at radius 1 is 0.714 bits per heavy atom. The zero-order valence-corrected chi connectivity index (χ0v) is 17.0. The third kappa shape index (κ3) is 11.3. The van der Waals surface area contributed by atoms with Gasteiger partial charge in [0.25, 0.3) is 0 Å². The zero-order valence-electron chi connectivity index (χ0n) is 16.1. The molecule has 0 saturated heterocycles. The normalized spacial score (nSPS) is 10.3. The van der Waals surface area contributed by atoms with Crippen LogP contribution < -0.4 is 4.74 Å². The lowest BCUT2D eigenvalue weighted by Crippen LogP contribution is -2.22. The molecule has 0 aromatic heterocycles. The highest BCUT2D eigenvalue weighted by Crippen LogP contribution is 2.20. The molecule has 0 unspecified atom stereocenters. The molecule has 0 amide bonds. The van der Waals surface area contributed by atoms with Crippen molar-refractivity contribution in [2.45, 2.75) is 37.9 Å². The van der Waals surface area contributed by atoms with E-state index in [2.05, 4.69) is 61.2 Å². The Hall–Kier alpha value is -2.40. The third-order valence-electron chi connectivity index (χ3n) is 3.12. The van der Waals surface area contributed by atoms with E-state index in [1.54, 1.807) is 0 Å². The van der Waals surface area contributed by atoms with Crippen molar-refractivity contribution in [3.05, 3.63) is 84.9 Å². The van der Waals surface area contributed by atoms with E-state index in [0.717, 1.165) is 10.6 Å². The highest BCUT2D eigenvalue weighted by Gasteiger charge is 2.11. The quantitative estimate of drug-likeness (QED) is 0.429. The summed E-state index contributed by atoms with van der Waals surface area (Å²) < 4.78 is 34.6. The van der Waals surface area contributed by atoms with Gasteiger partial charge in [0, 0.05) is 4.90 Å². The first-order chi connectivity index (χ1) is 13.2. The minimum absolute atomic E-state index is 0.137. The molecule has 0 saturated carbocycles. The van der Waals surface area contributed by atoms with Crippen LogP contribution in [0.4, 0.5) is 13.2 Å². The molecule has 0 fully saturated rings. The molecule has 5 heteroatoms. The molecule has 0 N–H and O–H groups in total. The van der Waals surface area contributed by atoms with Crippen molar-refractivity contribution in [3.8, 4) is 16.9 Å². The SMILES string of the molecule is CC(C)(C)Oc1cccc(S)c1.FC(F)F.c1ccc(-c2ccccc2)cc1. The van der Waals surface area contributed by atoms with Crippen molar-refractivity contribution in [1.29, 1.82) is 0 Å². The van der Waals surface area contributed by atoms with E-state index in [1.807, 2.05) is 57.2 Å². The summed E-state index contributed by atoms with van der Waals surface area (Å²) in [5, 5.41) is 0. The monoisotopic (exact) mass is 406 g/mol. The molecule has 1 nitrogen and oxygen atoms in total. The van der Waals surface area contributed by atoms with Crippen LogP contribution in [0.25, 0.3) is 11.1 Å². The fourth-order valence-electron chi connectivity index (χ4n) is 2.16. The summed E-state index contributed by atoms with van der Waals surface area (Å²) in [6.45, 7) is 2.41. The van der Waals surface area contributed by atoms with Crippen LogP contribution in [0.3, 0.4) is 0 Å². The number of ether oxygens (including phenoxy) is 1. The van der Waals surface area contributed by atoms with Crippen molar-refractivity contribution in [3.63, 3.8) is 0 Å². The highest BCUT2D eigenvalue weighted by molar-refractivity contribution is 7.80. The van der Waals surface area contributed by atoms with Gasteiger partial charge in [-0.15, -0.1) is 12.6 Å². The topological polar surface area (TPSA) is 9.23 Å². The second-order valence-electron chi connectivity index (χ2n) is 6.69. The first-order valence-electron chi connectivity index (χ1n) is 8.68. The van der Waals surface area contributed by atoms with E-state index in [1.165, 1.54) is 11.1 Å². The van der Waals surface area contributed by atoms with Gasteiger partial charge >= 0.3 is 6.68 Å². The second kappa shape index (κ2) is 12.1. The molecule has 0 radical (unpaired) electrons. The molecule has 0 aliphatic carbocycles. The van der Waals surface area contributed by atoms with Gasteiger partial charge in [-0.1, -0.05) is 66.7 Å². The predicted octanol–water partition coefficient (Wildman–Crippen LogP) is 7.68. The van der Waals surface area contributed by atoms with Gasteiger partial charge in [0.05, 0.1) is 0 Å². The number of benzene rings is 3. The van der Waals surface area contributed by atoms with Crippen molar-refractivity contribution in [2.75, 3.05) is 0 Å². The third-order valence-corrected chi connectivity index (χ3v) is 3.40. The van der Waals surface area contributed by atoms with Crippen molar-refractivity contribution >= 4 is 12.6 Å². The molecule has 0 spiro atoms. The molecule has 0 bridgehead atoms. The van der Waals surface area contributed by atoms with Crippen molar-refractivity contribution in [1.82, 2.24) is 0 Å². The summed E-state index contributed by atoms with van der Waals surface area (Å²) in [4.78, 5) is 0.928.